The maximum Gasteiger partial charge on any atom is 0.375 e. The van der Waals surface area contributed by atoms with Crippen LogP contribution in [0.3, 0.4) is 0 Å². The van der Waals surface area contributed by atoms with Gasteiger partial charge in [0, 0.05) is 16.7 Å². The maximum atomic E-state index is 13.6. The molecule has 0 bridgehead atoms. The third-order valence-electron chi connectivity index (χ3n) is 9.74. The van der Waals surface area contributed by atoms with Crippen molar-refractivity contribution in [3.63, 3.8) is 0 Å². The molecular formula is C27H29Cl3O6. The molecule has 0 spiro atoms. The van der Waals surface area contributed by atoms with Crippen LogP contribution in [-0.4, -0.2) is 45.1 Å². The first-order chi connectivity index (χ1) is 16.8. The molecule has 0 aromatic carbocycles. The number of carbonyl (C=O) groups is 3. The number of ketones is 2. The lowest BCUT2D eigenvalue weighted by Crippen LogP contribution is -2.69. The van der Waals surface area contributed by atoms with E-state index < -0.39 is 39.2 Å². The van der Waals surface area contributed by atoms with Gasteiger partial charge in [-0.05, 0) is 73.4 Å². The summed E-state index contributed by atoms with van der Waals surface area (Å²) in [6.07, 6.45) is 5.93. The van der Waals surface area contributed by atoms with Gasteiger partial charge in [-0.25, -0.2) is 4.79 Å². The summed E-state index contributed by atoms with van der Waals surface area (Å²) in [5.74, 6) is -2.47. The predicted octanol–water partition coefficient (Wildman–Crippen LogP) is 5.52. The molecule has 4 aliphatic carbocycles. The SMILES string of the molecule is C[C@@H]1C[C@H]2C3CCC4=CC(=O)C=C[C@]4(C)[C@@]3(Cl)[C@@H](O)C[C@]2(C)[C@@]1(OC(=O)c1ccc(Cl)o1)C(=O)CCl. The van der Waals surface area contributed by atoms with Crippen molar-refractivity contribution in [3.05, 3.63) is 46.9 Å². The number of rotatable bonds is 4. The van der Waals surface area contributed by atoms with E-state index in [4.69, 9.17) is 44.0 Å². The van der Waals surface area contributed by atoms with Crippen molar-refractivity contribution in [2.45, 2.75) is 63.0 Å². The monoisotopic (exact) mass is 554 g/mol. The number of aliphatic hydroxyl groups excluding tert-OH is 1. The van der Waals surface area contributed by atoms with Gasteiger partial charge in [0.15, 0.2) is 22.4 Å². The van der Waals surface area contributed by atoms with Crippen LogP contribution in [0.1, 0.15) is 57.0 Å². The van der Waals surface area contributed by atoms with Gasteiger partial charge in [0.1, 0.15) is 0 Å². The van der Waals surface area contributed by atoms with Gasteiger partial charge in [-0.3, -0.25) is 9.59 Å². The zero-order valence-electron chi connectivity index (χ0n) is 20.4. The molecule has 1 N–H and O–H groups in total. The third kappa shape index (κ3) is 3.17. The van der Waals surface area contributed by atoms with Gasteiger partial charge in [-0.15, -0.1) is 23.2 Å². The number of hydrogen-bond donors (Lipinski definition) is 1. The number of furan rings is 1. The Balaban J connectivity index is 1.61. The number of aliphatic hydroxyl groups is 1. The molecule has 6 nitrogen and oxygen atoms in total. The third-order valence-corrected chi connectivity index (χ3v) is 11.1. The first-order valence-electron chi connectivity index (χ1n) is 12.2. The Morgan fingerprint density at radius 2 is 1.97 bits per heavy atom. The molecule has 0 aliphatic heterocycles. The fourth-order valence-corrected chi connectivity index (χ4v) is 8.99. The molecule has 194 valence electrons. The highest BCUT2D eigenvalue weighted by atomic mass is 35.5. The summed E-state index contributed by atoms with van der Waals surface area (Å²) in [5.41, 5.74) is -2.32. The Morgan fingerprint density at radius 3 is 2.61 bits per heavy atom. The summed E-state index contributed by atoms with van der Waals surface area (Å²) in [5, 5.41) is 11.8. The number of allylic oxidation sites excluding steroid dienone is 4. The molecule has 0 radical (unpaired) electrons. The minimum Gasteiger partial charge on any atom is -0.444 e. The van der Waals surface area contributed by atoms with Crippen LogP contribution < -0.4 is 0 Å². The minimum absolute atomic E-state index is 0.0292. The average molecular weight is 556 g/mol. The van der Waals surface area contributed by atoms with E-state index in [1.807, 2.05) is 26.8 Å². The van der Waals surface area contributed by atoms with Crippen LogP contribution in [-0.2, 0) is 14.3 Å². The second-order valence-electron chi connectivity index (χ2n) is 11.2. The Bertz CT molecular complexity index is 1200. The van der Waals surface area contributed by atoms with E-state index in [2.05, 4.69) is 0 Å². The summed E-state index contributed by atoms with van der Waals surface area (Å²) in [4.78, 5) is 37.8. The molecule has 0 amide bonds. The highest BCUT2D eigenvalue weighted by Crippen LogP contribution is 2.72. The lowest BCUT2D eigenvalue weighted by molar-refractivity contribution is -0.177. The number of alkyl halides is 2. The van der Waals surface area contributed by atoms with Crippen LogP contribution in [0.2, 0.25) is 5.22 Å². The molecule has 3 fully saturated rings. The van der Waals surface area contributed by atoms with Crippen LogP contribution in [0.15, 0.2) is 40.4 Å². The predicted molar refractivity (Wildman–Crippen MR) is 135 cm³/mol. The first-order valence-corrected chi connectivity index (χ1v) is 13.5. The van der Waals surface area contributed by atoms with E-state index in [1.54, 1.807) is 6.08 Å². The Labute approximate surface area is 225 Å². The van der Waals surface area contributed by atoms with E-state index in [-0.39, 0.29) is 46.8 Å². The fourth-order valence-electron chi connectivity index (χ4n) is 8.12. The summed E-state index contributed by atoms with van der Waals surface area (Å²) >= 11 is 19.5. The second-order valence-corrected chi connectivity index (χ2v) is 12.5. The number of halogens is 3. The molecule has 36 heavy (non-hydrogen) atoms. The van der Waals surface area contributed by atoms with Crippen LogP contribution in [0, 0.1) is 28.6 Å². The molecule has 8 atom stereocenters. The zero-order valence-corrected chi connectivity index (χ0v) is 22.6. The minimum atomic E-state index is -1.58. The number of hydrogen-bond acceptors (Lipinski definition) is 6. The number of Topliss-reactive ketones (excluding diaryl/α,β-unsaturated/α-hetero) is 1. The van der Waals surface area contributed by atoms with Crippen LogP contribution >= 0.6 is 34.8 Å². The van der Waals surface area contributed by atoms with Crippen molar-refractivity contribution in [1.29, 1.82) is 0 Å². The average Bonchev–Trinajstić information content (AvgIpc) is 3.35. The highest BCUT2D eigenvalue weighted by molar-refractivity contribution is 6.29. The molecule has 1 aromatic rings. The fraction of sp³-hybridized carbons (Fsp3) is 0.593. The Hall–Kier alpha value is -1.60. The second kappa shape index (κ2) is 8.45. The molecular weight excluding hydrogens is 527 g/mol. The lowest BCUT2D eigenvalue weighted by Gasteiger charge is -2.64. The smallest absolute Gasteiger partial charge is 0.375 e. The van der Waals surface area contributed by atoms with Gasteiger partial charge in [-0.2, -0.15) is 0 Å². The van der Waals surface area contributed by atoms with Gasteiger partial charge < -0.3 is 14.3 Å². The lowest BCUT2D eigenvalue weighted by atomic mass is 9.45. The molecule has 9 heteroatoms. The van der Waals surface area contributed by atoms with Gasteiger partial charge in [-0.1, -0.05) is 32.4 Å². The summed E-state index contributed by atoms with van der Waals surface area (Å²) < 4.78 is 11.4. The van der Waals surface area contributed by atoms with Gasteiger partial charge in [0.25, 0.3) is 0 Å². The van der Waals surface area contributed by atoms with Crippen molar-refractivity contribution < 1.29 is 28.6 Å². The van der Waals surface area contributed by atoms with Crippen LogP contribution in [0.5, 0.6) is 0 Å². The standard InChI is InChI=1S/C27H29Cl3O6/c1-14-10-18-17-5-4-15-11-16(31)8-9-24(15,2)26(17,30)20(32)12-25(18,3)27(14,21(33)13-28)36-23(34)19-6-7-22(29)35-19/h6-9,11,14,17-18,20,32H,4-5,10,12-13H2,1-3H3/t14-,17?,18+,20+,24+,25+,26+,27+/m1/s1. The van der Waals surface area contributed by atoms with Crippen molar-refractivity contribution in [2.24, 2.45) is 28.6 Å². The summed E-state index contributed by atoms with van der Waals surface area (Å²) in [7, 11) is 0. The van der Waals surface area contributed by atoms with E-state index >= 15 is 0 Å². The first kappa shape index (κ1) is 26.0. The topological polar surface area (TPSA) is 93.8 Å². The number of esters is 1. The zero-order chi connectivity index (χ0) is 26.3. The molecule has 3 saturated carbocycles. The van der Waals surface area contributed by atoms with Crippen molar-refractivity contribution in [3.8, 4) is 0 Å². The number of carbonyl (C=O) groups excluding carboxylic acids is 3. The Morgan fingerprint density at radius 1 is 1.25 bits per heavy atom. The summed E-state index contributed by atoms with van der Waals surface area (Å²) in [6, 6.07) is 2.83. The normalized spacial score (nSPS) is 43.3. The van der Waals surface area contributed by atoms with Crippen LogP contribution in [0.25, 0.3) is 0 Å². The van der Waals surface area contributed by atoms with Crippen LogP contribution in [0.4, 0.5) is 0 Å². The molecule has 5 rings (SSSR count). The van der Waals surface area contributed by atoms with Crippen molar-refractivity contribution in [2.75, 3.05) is 5.88 Å². The molecule has 4 aliphatic rings. The highest BCUT2D eigenvalue weighted by Gasteiger charge is 2.76. The molecule has 1 heterocycles. The molecule has 1 unspecified atom stereocenters. The Kier molecular flexibility index (Phi) is 6.11. The van der Waals surface area contributed by atoms with E-state index in [0.717, 1.165) is 5.57 Å². The van der Waals surface area contributed by atoms with Crippen molar-refractivity contribution >= 4 is 52.3 Å². The van der Waals surface area contributed by atoms with Gasteiger partial charge in [0.2, 0.25) is 5.76 Å². The summed E-state index contributed by atoms with van der Waals surface area (Å²) in [6.45, 7) is 5.76. The quantitative estimate of drug-likeness (QED) is 0.388. The number of fused-ring (bicyclic) bond motifs is 5. The molecule has 1 aromatic heterocycles. The van der Waals surface area contributed by atoms with Gasteiger partial charge in [0.05, 0.1) is 16.9 Å². The van der Waals surface area contributed by atoms with E-state index in [1.165, 1.54) is 18.2 Å². The molecule has 0 saturated heterocycles. The largest absolute Gasteiger partial charge is 0.444 e. The van der Waals surface area contributed by atoms with E-state index in [0.29, 0.717) is 19.3 Å². The van der Waals surface area contributed by atoms with E-state index in [9.17, 15) is 19.5 Å². The maximum absolute atomic E-state index is 13.6. The number of ether oxygens (including phenoxy) is 1. The van der Waals surface area contributed by atoms with Crippen molar-refractivity contribution in [1.82, 2.24) is 0 Å². The van der Waals surface area contributed by atoms with Gasteiger partial charge >= 0.3 is 5.97 Å².